The molecule has 1 amide bonds. The quantitative estimate of drug-likeness (QED) is 0.253. The lowest BCUT2D eigenvalue weighted by atomic mass is 9.42. The molecule has 0 radical (unpaired) electrons. The summed E-state index contributed by atoms with van der Waals surface area (Å²) in [6.07, 6.45) is 7.08. The number of esters is 1. The fourth-order valence-electron chi connectivity index (χ4n) is 10.9. The highest BCUT2D eigenvalue weighted by molar-refractivity contribution is 5.86. The van der Waals surface area contributed by atoms with E-state index in [0.29, 0.717) is 77.0 Å². The van der Waals surface area contributed by atoms with Crippen molar-refractivity contribution in [2.75, 3.05) is 50.7 Å². The van der Waals surface area contributed by atoms with Gasteiger partial charge in [0, 0.05) is 88.0 Å². The summed E-state index contributed by atoms with van der Waals surface area (Å²) in [7, 11) is 0. The van der Waals surface area contributed by atoms with Crippen LogP contribution in [0.3, 0.4) is 0 Å². The fraction of sp³-hybridized carbons (Fsp3) is 0.744. The molecule has 2 aromatic heterocycles. The van der Waals surface area contributed by atoms with Gasteiger partial charge in [0.15, 0.2) is 17.0 Å². The Labute approximate surface area is 312 Å². The molecule has 2 saturated heterocycles. The SMILES string of the molecule is C=CC1(C)CC(O)C2(C)C3C(=O)CCC3(CCC2(C)OC(=O)CCN2CCN(C(=O)CCn3cnc4c(N5CCC(N)C5)ncnc43)CC2)C(C)C1O. The Morgan fingerprint density at radius 2 is 1.79 bits per heavy atom. The van der Waals surface area contributed by atoms with Gasteiger partial charge in [0.05, 0.1) is 25.0 Å². The average Bonchev–Trinajstić information content (AvgIpc) is 3.87. The first-order valence-corrected chi connectivity index (χ1v) is 19.6. The number of aryl methyl sites for hydroxylation is 1. The molecule has 0 aromatic carbocycles. The molecular weight excluding hydrogens is 676 g/mol. The molecule has 14 nitrogen and oxygen atoms in total. The van der Waals surface area contributed by atoms with Crippen LogP contribution in [0.5, 0.6) is 0 Å². The van der Waals surface area contributed by atoms with Crippen LogP contribution in [0.25, 0.3) is 11.2 Å². The van der Waals surface area contributed by atoms with E-state index in [1.165, 1.54) is 0 Å². The number of amides is 1. The molecular formula is C39H58N8O6. The normalized spacial score (nSPS) is 37.7. The summed E-state index contributed by atoms with van der Waals surface area (Å²) >= 11 is 0. The number of aliphatic hydroxyl groups excluding tert-OH is 2. The third-order valence-electron chi connectivity index (χ3n) is 14.6. The van der Waals surface area contributed by atoms with E-state index < -0.39 is 40.0 Å². The number of carbonyl (C=O) groups is 3. The van der Waals surface area contributed by atoms with E-state index in [1.54, 1.807) is 18.7 Å². The van der Waals surface area contributed by atoms with Crippen molar-refractivity contribution in [1.82, 2.24) is 29.3 Å². The Balaban J connectivity index is 0.934. The van der Waals surface area contributed by atoms with Crippen molar-refractivity contribution in [2.24, 2.45) is 33.8 Å². The maximum atomic E-state index is 13.7. The van der Waals surface area contributed by atoms with E-state index in [2.05, 4.69) is 31.3 Å². The van der Waals surface area contributed by atoms with Gasteiger partial charge in [-0.15, -0.1) is 6.58 Å². The van der Waals surface area contributed by atoms with Crippen molar-refractivity contribution in [2.45, 2.75) is 109 Å². The van der Waals surface area contributed by atoms with Gasteiger partial charge in [-0.25, -0.2) is 15.0 Å². The van der Waals surface area contributed by atoms with Gasteiger partial charge in [-0.1, -0.05) is 26.8 Å². The Morgan fingerprint density at radius 3 is 2.49 bits per heavy atom. The summed E-state index contributed by atoms with van der Waals surface area (Å²) in [6.45, 7) is 16.8. The number of carbonyl (C=O) groups excluding carboxylic acids is 3. The van der Waals surface area contributed by atoms with Gasteiger partial charge in [0.25, 0.3) is 0 Å². The lowest BCUT2D eigenvalue weighted by Gasteiger charge is -2.64. The van der Waals surface area contributed by atoms with E-state index in [0.717, 1.165) is 30.8 Å². The monoisotopic (exact) mass is 734 g/mol. The number of ether oxygens (including phenoxy) is 1. The number of ketones is 1. The zero-order valence-corrected chi connectivity index (χ0v) is 31.9. The van der Waals surface area contributed by atoms with Crippen molar-refractivity contribution in [3.05, 3.63) is 25.3 Å². The van der Waals surface area contributed by atoms with Crippen molar-refractivity contribution < 1.29 is 29.3 Å². The number of hydrogen-bond acceptors (Lipinski definition) is 12. The largest absolute Gasteiger partial charge is 0.459 e. The Bertz CT molecular complexity index is 1740. The molecule has 53 heavy (non-hydrogen) atoms. The number of imidazole rings is 1. The lowest BCUT2D eigenvalue weighted by Crippen LogP contribution is -2.69. The van der Waals surface area contributed by atoms with E-state index >= 15 is 0 Å². The van der Waals surface area contributed by atoms with Gasteiger partial charge in [0.1, 0.15) is 17.7 Å². The summed E-state index contributed by atoms with van der Waals surface area (Å²) in [5.41, 5.74) is 4.20. The topological polar surface area (TPSA) is 180 Å². The highest BCUT2D eigenvalue weighted by atomic mass is 16.6. The van der Waals surface area contributed by atoms with Gasteiger partial charge in [-0.3, -0.25) is 19.3 Å². The van der Waals surface area contributed by atoms with Crippen LogP contribution in [0.1, 0.15) is 79.1 Å². The average molecular weight is 735 g/mol. The first kappa shape index (κ1) is 37.8. The molecule has 4 heterocycles. The number of aromatic nitrogens is 4. The van der Waals surface area contributed by atoms with Crippen molar-refractivity contribution in [3.63, 3.8) is 0 Å². The van der Waals surface area contributed by atoms with Crippen LogP contribution in [-0.2, 0) is 25.7 Å². The zero-order valence-electron chi connectivity index (χ0n) is 31.9. The van der Waals surface area contributed by atoms with Crippen LogP contribution in [0.15, 0.2) is 25.3 Å². The molecule has 4 N–H and O–H groups in total. The molecule has 3 aliphatic carbocycles. The van der Waals surface area contributed by atoms with Crippen molar-refractivity contribution in [3.8, 4) is 0 Å². The minimum Gasteiger partial charge on any atom is -0.459 e. The van der Waals surface area contributed by atoms with Gasteiger partial charge in [-0.05, 0) is 50.4 Å². The van der Waals surface area contributed by atoms with Gasteiger partial charge >= 0.3 is 5.97 Å². The predicted octanol–water partition coefficient (Wildman–Crippen LogP) is 2.31. The lowest BCUT2D eigenvalue weighted by molar-refractivity contribution is -0.252. The maximum absolute atomic E-state index is 13.7. The highest BCUT2D eigenvalue weighted by Gasteiger charge is 2.72. The molecule has 290 valence electrons. The fourth-order valence-corrected chi connectivity index (χ4v) is 10.9. The van der Waals surface area contributed by atoms with Crippen LogP contribution < -0.4 is 10.6 Å². The number of hydrogen-bond donors (Lipinski definition) is 3. The van der Waals surface area contributed by atoms with Gasteiger partial charge < -0.3 is 35.1 Å². The van der Waals surface area contributed by atoms with Crippen LogP contribution in [0, 0.1) is 28.1 Å². The summed E-state index contributed by atoms with van der Waals surface area (Å²) in [6, 6.07) is 0.121. The van der Waals surface area contributed by atoms with E-state index in [9.17, 15) is 24.6 Å². The number of nitrogens with two attached hydrogens (primary N) is 1. The second-order valence-corrected chi connectivity index (χ2v) is 17.3. The van der Waals surface area contributed by atoms with E-state index in [-0.39, 0.29) is 42.5 Å². The van der Waals surface area contributed by atoms with Gasteiger partial charge in [0.2, 0.25) is 5.91 Å². The number of anilines is 1. The molecule has 2 aliphatic heterocycles. The van der Waals surface area contributed by atoms with E-state index in [1.807, 2.05) is 37.2 Å². The second-order valence-electron chi connectivity index (χ2n) is 17.3. The Kier molecular flexibility index (Phi) is 9.99. The molecule has 5 aliphatic rings. The highest BCUT2D eigenvalue weighted by Crippen LogP contribution is 2.69. The number of rotatable bonds is 9. The number of Topliss-reactive ketones (excluding diaryl/α,β-unsaturated/α-hetero) is 1. The standard InChI is InChI=1S/C39H58N8O6/c1-6-36(3)21-28(49)38(5)32-27(48)7-11-39(32,25(2)33(36)52)13-12-37(38,4)53-30(51)10-14-44-17-19-45(20-18-44)29(50)9-16-47-24-43-31-34(41-23-42-35(31)47)46-15-8-26(40)22-46/h6,23-26,28,32-33,49,52H,1,7-22,40H2,2-5H3. The summed E-state index contributed by atoms with van der Waals surface area (Å²) in [4.78, 5) is 60.2. The number of piperazine rings is 1. The third-order valence-corrected chi connectivity index (χ3v) is 14.6. The summed E-state index contributed by atoms with van der Waals surface area (Å²) < 4.78 is 8.29. The smallest absolute Gasteiger partial charge is 0.307 e. The van der Waals surface area contributed by atoms with Crippen molar-refractivity contribution >= 4 is 34.6 Å². The summed E-state index contributed by atoms with van der Waals surface area (Å²) in [5, 5.41) is 23.6. The van der Waals surface area contributed by atoms with Crippen LogP contribution >= 0.6 is 0 Å². The minimum absolute atomic E-state index is 0.0638. The predicted molar refractivity (Wildman–Crippen MR) is 198 cm³/mol. The van der Waals surface area contributed by atoms with E-state index in [4.69, 9.17) is 10.5 Å². The molecule has 14 heteroatoms. The minimum atomic E-state index is -1.07. The first-order chi connectivity index (χ1) is 25.2. The molecule has 0 spiro atoms. The molecule has 5 fully saturated rings. The Morgan fingerprint density at radius 1 is 1.04 bits per heavy atom. The molecule has 3 saturated carbocycles. The number of fused-ring (bicyclic) bond motifs is 1. The first-order valence-electron chi connectivity index (χ1n) is 19.6. The summed E-state index contributed by atoms with van der Waals surface area (Å²) in [5.74, 6) is -0.126. The van der Waals surface area contributed by atoms with Gasteiger partial charge in [-0.2, -0.15) is 0 Å². The van der Waals surface area contributed by atoms with Crippen LogP contribution in [0.4, 0.5) is 5.82 Å². The zero-order chi connectivity index (χ0) is 37.9. The third kappa shape index (κ3) is 6.27. The van der Waals surface area contributed by atoms with Crippen LogP contribution in [-0.4, -0.2) is 127 Å². The second kappa shape index (κ2) is 14.0. The molecule has 9 atom stereocenters. The van der Waals surface area contributed by atoms with Crippen molar-refractivity contribution in [1.29, 1.82) is 0 Å². The number of aliphatic hydroxyl groups is 2. The molecule has 2 aromatic rings. The molecule has 7 rings (SSSR count). The van der Waals surface area contributed by atoms with Crippen LogP contribution in [0.2, 0.25) is 0 Å². The number of nitrogens with zero attached hydrogens (tertiary/aromatic N) is 7. The molecule has 9 unspecified atom stereocenters. The molecule has 2 bridgehead atoms. The Hall–Kier alpha value is -3.46. The maximum Gasteiger partial charge on any atom is 0.307 e.